The Morgan fingerprint density at radius 1 is 1.50 bits per heavy atom. The smallest absolute Gasteiger partial charge is 0.0699 e. The van der Waals surface area contributed by atoms with Crippen LogP contribution in [-0.4, -0.2) is 5.11 Å². The molecule has 3 heteroatoms. The van der Waals surface area contributed by atoms with Crippen molar-refractivity contribution in [3.8, 4) is 0 Å². The zero-order valence-corrected chi connectivity index (χ0v) is 9.11. The fraction of sp³-hybridized carbons (Fsp3) is 0.333. The topological polar surface area (TPSA) is 20.2 Å². The molecule has 0 aromatic heterocycles. The molecule has 0 spiro atoms. The van der Waals surface area contributed by atoms with E-state index in [0.717, 1.165) is 22.0 Å². The zero-order chi connectivity index (χ0) is 9.14. The summed E-state index contributed by atoms with van der Waals surface area (Å²) in [6.07, 6.45) is 0.884. The highest BCUT2D eigenvalue weighted by atomic mass is 79.9. The van der Waals surface area contributed by atoms with E-state index in [1.54, 1.807) is 6.07 Å². The van der Waals surface area contributed by atoms with Gasteiger partial charge in [0.05, 0.1) is 6.61 Å². The van der Waals surface area contributed by atoms with Gasteiger partial charge in [-0.3, -0.25) is 0 Å². The van der Waals surface area contributed by atoms with Gasteiger partial charge in [-0.15, -0.1) is 0 Å². The fourth-order valence-electron chi connectivity index (χ4n) is 1.15. The fourth-order valence-corrected chi connectivity index (χ4v) is 2.09. The van der Waals surface area contributed by atoms with Crippen LogP contribution in [0, 0.1) is 0 Å². The quantitative estimate of drug-likeness (QED) is 0.854. The summed E-state index contributed by atoms with van der Waals surface area (Å²) < 4.78 is 0.960. The largest absolute Gasteiger partial charge is 0.392 e. The monoisotopic (exact) mass is 248 g/mol. The van der Waals surface area contributed by atoms with Gasteiger partial charge in [-0.05, 0) is 29.7 Å². The van der Waals surface area contributed by atoms with E-state index in [2.05, 4.69) is 15.9 Å². The molecule has 0 bridgehead atoms. The van der Waals surface area contributed by atoms with Crippen molar-refractivity contribution in [1.29, 1.82) is 0 Å². The predicted octanol–water partition coefficient (Wildman–Crippen LogP) is 3.16. The van der Waals surface area contributed by atoms with E-state index in [0.29, 0.717) is 5.02 Å². The lowest BCUT2D eigenvalue weighted by Crippen LogP contribution is -1.93. The van der Waals surface area contributed by atoms with Gasteiger partial charge < -0.3 is 5.11 Å². The Morgan fingerprint density at radius 3 is 2.67 bits per heavy atom. The summed E-state index contributed by atoms with van der Waals surface area (Å²) in [5.41, 5.74) is 1.93. The average molecular weight is 250 g/mol. The first-order chi connectivity index (χ1) is 5.69. The van der Waals surface area contributed by atoms with Crippen LogP contribution in [0.1, 0.15) is 18.1 Å². The molecular weight excluding hydrogens is 239 g/mol. The highest BCUT2D eigenvalue weighted by Crippen LogP contribution is 2.25. The number of rotatable bonds is 2. The summed E-state index contributed by atoms with van der Waals surface area (Å²) in [6.45, 7) is 2.05. The molecule has 1 rings (SSSR count). The molecule has 12 heavy (non-hydrogen) atoms. The highest BCUT2D eigenvalue weighted by Gasteiger charge is 2.05. The zero-order valence-electron chi connectivity index (χ0n) is 6.77. The van der Waals surface area contributed by atoms with Gasteiger partial charge in [0.15, 0.2) is 0 Å². The molecule has 0 heterocycles. The van der Waals surface area contributed by atoms with Gasteiger partial charge in [0.1, 0.15) is 0 Å². The summed E-state index contributed by atoms with van der Waals surface area (Å²) in [7, 11) is 0. The van der Waals surface area contributed by atoms with Crippen molar-refractivity contribution >= 4 is 27.5 Å². The lowest BCUT2D eigenvalue weighted by Gasteiger charge is -2.07. The van der Waals surface area contributed by atoms with Gasteiger partial charge in [0.25, 0.3) is 0 Å². The molecule has 0 radical (unpaired) electrons. The van der Waals surface area contributed by atoms with Crippen molar-refractivity contribution in [1.82, 2.24) is 0 Å². The van der Waals surface area contributed by atoms with Crippen LogP contribution in [0.25, 0.3) is 0 Å². The molecule has 1 nitrogen and oxygen atoms in total. The molecule has 1 aromatic rings. The number of hydrogen-bond acceptors (Lipinski definition) is 1. The minimum absolute atomic E-state index is 0.00921. The van der Waals surface area contributed by atoms with Crippen LogP contribution in [0.2, 0.25) is 5.02 Å². The lowest BCUT2D eigenvalue weighted by molar-refractivity contribution is 0.281. The van der Waals surface area contributed by atoms with Crippen LogP contribution < -0.4 is 0 Å². The van der Waals surface area contributed by atoms with E-state index in [9.17, 15) is 0 Å². The van der Waals surface area contributed by atoms with Crippen LogP contribution in [0.4, 0.5) is 0 Å². The third-order valence-electron chi connectivity index (χ3n) is 1.79. The number of aliphatic hydroxyl groups is 1. The Balaban J connectivity index is 3.24. The molecule has 0 aliphatic rings. The van der Waals surface area contributed by atoms with E-state index in [1.807, 2.05) is 13.0 Å². The summed E-state index contributed by atoms with van der Waals surface area (Å²) in [4.78, 5) is 0. The number of halogens is 2. The van der Waals surface area contributed by atoms with E-state index >= 15 is 0 Å². The van der Waals surface area contributed by atoms with Crippen LogP contribution in [-0.2, 0) is 13.0 Å². The van der Waals surface area contributed by atoms with Crippen LogP contribution in [0.3, 0.4) is 0 Å². The summed E-state index contributed by atoms with van der Waals surface area (Å²) >= 11 is 9.27. The van der Waals surface area contributed by atoms with Crippen molar-refractivity contribution in [2.45, 2.75) is 20.0 Å². The molecule has 0 saturated heterocycles. The predicted molar refractivity (Wildman–Crippen MR) is 54.5 cm³/mol. The number of hydrogen-bond donors (Lipinski definition) is 1. The van der Waals surface area contributed by atoms with Crippen molar-refractivity contribution in [2.24, 2.45) is 0 Å². The maximum atomic E-state index is 9.02. The number of aliphatic hydroxyl groups excluding tert-OH is 1. The van der Waals surface area contributed by atoms with Gasteiger partial charge in [0.2, 0.25) is 0 Å². The van der Waals surface area contributed by atoms with Gasteiger partial charge in [-0.2, -0.15) is 0 Å². The lowest BCUT2D eigenvalue weighted by atomic mass is 10.1. The van der Waals surface area contributed by atoms with Gasteiger partial charge in [0, 0.05) is 9.50 Å². The molecule has 0 amide bonds. The number of aryl methyl sites for hydroxylation is 1. The first kappa shape index (κ1) is 10.0. The molecule has 0 atom stereocenters. The molecule has 0 saturated carbocycles. The summed E-state index contributed by atoms with van der Waals surface area (Å²) in [5.74, 6) is 0. The van der Waals surface area contributed by atoms with E-state index in [4.69, 9.17) is 16.7 Å². The van der Waals surface area contributed by atoms with Crippen LogP contribution in [0.15, 0.2) is 16.6 Å². The summed E-state index contributed by atoms with van der Waals surface area (Å²) in [6, 6.07) is 3.78. The van der Waals surface area contributed by atoms with Crippen molar-refractivity contribution in [2.75, 3.05) is 0 Å². The highest BCUT2D eigenvalue weighted by molar-refractivity contribution is 9.10. The van der Waals surface area contributed by atoms with Crippen molar-refractivity contribution in [3.05, 3.63) is 32.8 Å². The van der Waals surface area contributed by atoms with Crippen LogP contribution >= 0.6 is 27.5 Å². The van der Waals surface area contributed by atoms with Gasteiger partial charge >= 0.3 is 0 Å². The number of benzene rings is 1. The van der Waals surface area contributed by atoms with E-state index < -0.39 is 0 Å². The Labute approximate surface area is 85.5 Å². The Hall–Kier alpha value is -0.0500. The van der Waals surface area contributed by atoms with Gasteiger partial charge in [-0.25, -0.2) is 0 Å². The minimum Gasteiger partial charge on any atom is -0.392 e. The molecule has 0 aliphatic heterocycles. The molecule has 0 fully saturated rings. The standard InChI is InChI=1S/C9H10BrClO/c1-2-6-3-7(10)4-9(11)8(6)5-12/h3-4,12H,2,5H2,1H3. The second-order valence-corrected chi connectivity index (χ2v) is 3.86. The first-order valence-electron chi connectivity index (χ1n) is 3.76. The second kappa shape index (κ2) is 4.26. The van der Waals surface area contributed by atoms with E-state index in [1.165, 1.54) is 0 Å². The average Bonchev–Trinajstić information content (AvgIpc) is 2.03. The maximum Gasteiger partial charge on any atom is 0.0699 e. The molecule has 0 aliphatic carbocycles. The molecule has 1 aromatic carbocycles. The van der Waals surface area contributed by atoms with Crippen LogP contribution in [0.5, 0.6) is 0 Å². The summed E-state index contributed by atoms with van der Waals surface area (Å²) in [5, 5.41) is 9.65. The van der Waals surface area contributed by atoms with Crippen molar-refractivity contribution in [3.63, 3.8) is 0 Å². The molecular formula is C9H10BrClO. The Kier molecular flexibility index (Phi) is 3.56. The maximum absolute atomic E-state index is 9.02. The first-order valence-corrected chi connectivity index (χ1v) is 4.93. The third-order valence-corrected chi connectivity index (χ3v) is 2.59. The normalized spacial score (nSPS) is 10.3. The third kappa shape index (κ3) is 2.00. The SMILES string of the molecule is CCc1cc(Br)cc(Cl)c1CO. The van der Waals surface area contributed by atoms with Crippen molar-refractivity contribution < 1.29 is 5.11 Å². The van der Waals surface area contributed by atoms with Gasteiger partial charge in [-0.1, -0.05) is 34.5 Å². The molecule has 1 N–H and O–H groups in total. The van der Waals surface area contributed by atoms with E-state index in [-0.39, 0.29) is 6.61 Å². The Morgan fingerprint density at radius 2 is 2.17 bits per heavy atom. The Bertz CT molecular complexity index is 286. The molecule has 66 valence electrons. The molecule has 0 unspecified atom stereocenters. The second-order valence-electron chi connectivity index (χ2n) is 2.54. The minimum atomic E-state index is 0.00921.